The number of hydrogen-bond donors (Lipinski definition) is 0. The van der Waals surface area contributed by atoms with E-state index in [0.29, 0.717) is 5.88 Å². The Balaban J connectivity index is 2.28. The molecule has 0 spiro atoms. The number of rotatable bonds is 1. The van der Waals surface area contributed by atoms with Gasteiger partial charge in [0.25, 0.3) is 5.56 Å². The minimum absolute atomic E-state index is 0.183. The molecule has 0 bridgehead atoms. The summed E-state index contributed by atoms with van der Waals surface area (Å²) in [5.74, 6) is 0.516. The van der Waals surface area contributed by atoms with Crippen LogP contribution >= 0.6 is 11.6 Å². The average molecular weight is 289 g/mol. The van der Waals surface area contributed by atoms with Crippen molar-refractivity contribution >= 4 is 17.3 Å². The monoisotopic (exact) mass is 288 g/mol. The fourth-order valence-electron chi connectivity index (χ4n) is 2.21. The van der Waals surface area contributed by atoms with Gasteiger partial charge in [-0.2, -0.15) is 0 Å². The molecule has 0 N–H and O–H groups in total. The third-order valence-corrected chi connectivity index (χ3v) is 3.34. The van der Waals surface area contributed by atoms with Crippen LogP contribution in [-0.2, 0) is 0 Å². The Morgan fingerprint density at radius 1 is 1.30 bits per heavy atom. The number of fused-ring (bicyclic) bond motifs is 1. The van der Waals surface area contributed by atoms with Gasteiger partial charge in [-0.1, -0.05) is 11.6 Å². The maximum Gasteiger partial charge on any atom is 0.273 e. The SMILES string of the molecule is CC1(C)C=C(n2cccc(Cl)c2=O)c2cccnc2O1. The quantitative estimate of drug-likeness (QED) is 0.810. The molecule has 102 valence electrons. The Labute approximate surface area is 121 Å². The van der Waals surface area contributed by atoms with Crippen molar-refractivity contribution in [2.45, 2.75) is 19.4 Å². The van der Waals surface area contributed by atoms with Crippen LogP contribution in [0.25, 0.3) is 5.70 Å². The first kappa shape index (κ1) is 12.9. The van der Waals surface area contributed by atoms with Gasteiger partial charge in [0.05, 0.1) is 11.3 Å². The summed E-state index contributed by atoms with van der Waals surface area (Å²) in [7, 11) is 0. The average Bonchev–Trinajstić information content (AvgIpc) is 2.40. The van der Waals surface area contributed by atoms with Crippen molar-refractivity contribution in [3.05, 3.63) is 63.7 Å². The van der Waals surface area contributed by atoms with Crippen molar-refractivity contribution in [2.24, 2.45) is 0 Å². The summed E-state index contributed by atoms with van der Waals surface area (Å²) in [6, 6.07) is 7.00. The predicted molar refractivity (Wildman–Crippen MR) is 78.0 cm³/mol. The van der Waals surface area contributed by atoms with Crippen LogP contribution in [0.4, 0.5) is 0 Å². The molecular weight excluding hydrogens is 276 g/mol. The van der Waals surface area contributed by atoms with Crippen molar-refractivity contribution in [3.8, 4) is 5.88 Å². The van der Waals surface area contributed by atoms with E-state index in [0.717, 1.165) is 11.3 Å². The van der Waals surface area contributed by atoms with E-state index in [4.69, 9.17) is 16.3 Å². The molecule has 0 amide bonds. The van der Waals surface area contributed by atoms with Crippen LogP contribution in [0.5, 0.6) is 5.88 Å². The fourth-order valence-corrected chi connectivity index (χ4v) is 2.37. The molecule has 0 fully saturated rings. The second-order valence-electron chi connectivity index (χ2n) is 5.12. The lowest BCUT2D eigenvalue weighted by Crippen LogP contribution is -2.32. The lowest BCUT2D eigenvalue weighted by atomic mass is 10.0. The van der Waals surface area contributed by atoms with Gasteiger partial charge in [-0.05, 0) is 44.2 Å². The number of halogens is 1. The third-order valence-electron chi connectivity index (χ3n) is 3.05. The van der Waals surface area contributed by atoms with Gasteiger partial charge in [-0.3, -0.25) is 9.36 Å². The van der Waals surface area contributed by atoms with Gasteiger partial charge >= 0.3 is 0 Å². The van der Waals surface area contributed by atoms with Gasteiger partial charge < -0.3 is 4.74 Å². The Kier molecular flexibility index (Phi) is 2.91. The first-order chi connectivity index (χ1) is 9.48. The van der Waals surface area contributed by atoms with E-state index < -0.39 is 5.60 Å². The van der Waals surface area contributed by atoms with Gasteiger partial charge in [-0.15, -0.1) is 0 Å². The zero-order valence-electron chi connectivity index (χ0n) is 11.1. The van der Waals surface area contributed by atoms with Crippen LogP contribution in [0.3, 0.4) is 0 Å². The van der Waals surface area contributed by atoms with Crippen molar-refractivity contribution < 1.29 is 4.74 Å². The molecule has 0 saturated heterocycles. The van der Waals surface area contributed by atoms with E-state index in [1.54, 1.807) is 24.5 Å². The van der Waals surface area contributed by atoms with E-state index >= 15 is 0 Å². The first-order valence-electron chi connectivity index (χ1n) is 6.23. The smallest absolute Gasteiger partial charge is 0.273 e. The highest BCUT2D eigenvalue weighted by atomic mass is 35.5. The van der Waals surface area contributed by atoms with Crippen LogP contribution in [-0.4, -0.2) is 15.2 Å². The highest BCUT2D eigenvalue weighted by molar-refractivity contribution is 6.30. The van der Waals surface area contributed by atoms with E-state index in [9.17, 15) is 4.79 Å². The van der Waals surface area contributed by atoms with Gasteiger partial charge in [0.1, 0.15) is 10.6 Å². The van der Waals surface area contributed by atoms with Crippen molar-refractivity contribution in [2.75, 3.05) is 0 Å². The molecule has 3 heterocycles. The second kappa shape index (κ2) is 4.49. The molecule has 2 aromatic rings. The number of hydrogen-bond acceptors (Lipinski definition) is 3. The molecule has 3 rings (SSSR count). The Morgan fingerprint density at radius 2 is 2.10 bits per heavy atom. The highest BCUT2D eigenvalue weighted by Gasteiger charge is 2.28. The largest absolute Gasteiger partial charge is 0.467 e. The normalized spacial score (nSPS) is 16.1. The lowest BCUT2D eigenvalue weighted by Gasteiger charge is -2.30. The lowest BCUT2D eigenvalue weighted by molar-refractivity contribution is 0.149. The number of pyridine rings is 2. The van der Waals surface area contributed by atoms with Gasteiger partial charge in [-0.25, -0.2) is 4.98 Å². The molecule has 0 aromatic carbocycles. The van der Waals surface area contributed by atoms with Gasteiger partial charge in [0.15, 0.2) is 0 Å². The van der Waals surface area contributed by atoms with E-state index in [1.807, 2.05) is 32.1 Å². The molecule has 2 aromatic heterocycles. The molecule has 0 atom stereocenters. The second-order valence-corrected chi connectivity index (χ2v) is 5.53. The topological polar surface area (TPSA) is 44.1 Å². The van der Waals surface area contributed by atoms with E-state index in [-0.39, 0.29) is 10.6 Å². The van der Waals surface area contributed by atoms with Gasteiger partial charge in [0, 0.05) is 12.4 Å². The number of ether oxygens (including phenoxy) is 1. The molecule has 20 heavy (non-hydrogen) atoms. The Hall–Kier alpha value is -2.07. The zero-order chi connectivity index (χ0) is 14.3. The molecule has 0 radical (unpaired) electrons. The fraction of sp³-hybridized carbons (Fsp3) is 0.200. The minimum Gasteiger partial charge on any atom is -0.467 e. The third kappa shape index (κ3) is 2.12. The summed E-state index contributed by atoms with van der Waals surface area (Å²) in [6.45, 7) is 3.83. The van der Waals surface area contributed by atoms with Crippen molar-refractivity contribution in [3.63, 3.8) is 0 Å². The minimum atomic E-state index is -0.543. The van der Waals surface area contributed by atoms with E-state index in [2.05, 4.69) is 4.98 Å². The molecule has 0 aliphatic carbocycles. The van der Waals surface area contributed by atoms with Crippen LogP contribution in [0, 0.1) is 0 Å². The van der Waals surface area contributed by atoms with E-state index in [1.165, 1.54) is 4.57 Å². The van der Waals surface area contributed by atoms with Crippen molar-refractivity contribution in [1.82, 2.24) is 9.55 Å². The summed E-state index contributed by atoms with van der Waals surface area (Å²) < 4.78 is 7.33. The van der Waals surface area contributed by atoms with Crippen LogP contribution in [0.15, 0.2) is 47.5 Å². The van der Waals surface area contributed by atoms with Crippen molar-refractivity contribution in [1.29, 1.82) is 0 Å². The Morgan fingerprint density at radius 3 is 2.90 bits per heavy atom. The van der Waals surface area contributed by atoms with Crippen LogP contribution < -0.4 is 10.3 Å². The zero-order valence-corrected chi connectivity index (χ0v) is 11.9. The maximum absolute atomic E-state index is 12.2. The molecule has 1 aliphatic rings. The Bertz CT molecular complexity index is 762. The number of nitrogens with zero attached hydrogens (tertiary/aromatic N) is 2. The molecule has 0 unspecified atom stereocenters. The summed E-state index contributed by atoms with van der Waals surface area (Å²) in [4.78, 5) is 16.4. The first-order valence-corrected chi connectivity index (χ1v) is 6.60. The molecule has 4 nitrogen and oxygen atoms in total. The number of aromatic nitrogens is 2. The molecular formula is C15H13ClN2O2. The van der Waals surface area contributed by atoms with Crippen LogP contribution in [0.1, 0.15) is 19.4 Å². The highest BCUT2D eigenvalue weighted by Crippen LogP contribution is 2.34. The van der Waals surface area contributed by atoms with Crippen LogP contribution in [0.2, 0.25) is 5.02 Å². The molecule has 1 aliphatic heterocycles. The summed E-state index contributed by atoms with van der Waals surface area (Å²) in [6.07, 6.45) is 5.26. The predicted octanol–water partition coefficient (Wildman–Crippen LogP) is 2.96. The van der Waals surface area contributed by atoms with Gasteiger partial charge in [0.2, 0.25) is 5.88 Å². The summed E-state index contributed by atoms with van der Waals surface area (Å²) >= 11 is 5.92. The maximum atomic E-state index is 12.2. The summed E-state index contributed by atoms with van der Waals surface area (Å²) in [5, 5.41) is 0.183. The molecule has 5 heteroatoms. The standard InChI is InChI=1S/C15H13ClN2O2/c1-15(2)9-12(10-5-3-7-17-13(10)20-15)18-8-4-6-11(16)14(18)19/h3-9H,1-2H3. The summed E-state index contributed by atoms with van der Waals surface area (Å²) in [5.41, 5.74) is 0.708. The molecule has 0 saturated carbocycles.